The Bertz CT molecular complexity index is 397. The molecule has 0 aliphatic rings. The highest BCUT2D eigenvalue weighted by Crippen LogP contribution is 2.09. The monoisotopic (exact) mass is 324 g/mol. The van der Waals surface area contributed by atoms with E-state index < -0.39 is 16.1 Å². The largest absolute Gasteiger partial charge is 0.385 e. The summed E-state index contributed by atoms with van der Waals surface area (Å²) in [5.74, 6) is -0.291. The molecule has 0 saturated heterocycles. The maximum absolute atomic E-state index is 12.1. The Hall–Kier alpha value is -0.700. The molecule has 0 aliphatic heterocycles. The van der Waals surface area contributed by atoms with E-state index in [2.05, 4.69) is 4.72 Å². The molecular weight excluding hydrogens is 296 g/mol. The lowest BCUT2D eigenvalue weighted by molar-refractivity contribution is -0.210. The van der Waals surface area contributed by atoms with Crippen molar-refractivity contribution in [1.29, 1.82) is 0 Å². The molecule has 0 heterocycles. The Labute approximate surface area is 128 Å². The van der Waals surface area contributed by atoms with Gasteiger partial charge >= 0.3 is 0 Å². The molecule has 7 nitrogen and oxygen atoms in total. The number of sulfonamides is 1. The fourth-order valence-electron chi connectivity index (χ4n) is 1.57. The number of nitrogens with one attached hydrogen (secondary N) is 1. The van der Waals surface area contributed by atoms with Gasteiger partial charge in [-0.2, -0.15) is 0 Å². The summed E-state index contributed by atoms with van der Waals surface area (Å²) in [6.45, 7) is 6.54. The SMILES string of the molecule is CCCN(OC(CCOC)CNS(C)(=O)=O)C(=O)C(C)C. The van der Waals surface area contributed by atoms with Crippen LogP contribution in [0.4, 0.5) is 0 Å². The lowest BCUT2D eigenvalue weighted by Crippen LogP contribution is -2.42. The van der Waals surface area contributed by atoms with Crippen molar-refractivity contribution in [1.82, 2.24) is 9.79 Å². The second-order valence-corrected chi connectivity index (χ2v) is 7.06. The summed E-state index contributed by atoms with van der Waals surface area (Å²) >= 11 is 0. The van der Waals surface area contributed by atoms with Crippen LogP contribution in [0.5, 0.6) is 0 Å². The Morgan fingerprint density at radius 1 is 1.33 bits per heavy atom. The Balaban J connectivity index is 4.74. The molecule has 0 aromatic carbocycles. The van der Waals surface area contributed by atoms with E-state index in [1.807, 2.05) is 6.92 Å². The van der Waals surface area contributed by atoms with Gasteiger partial charge in [0, 0.05) is 39.1 Å². The number of carbonyl (C=O) groups excluding carboxylic acids is 1. The molecule has 0 spiro atoms. The number of rotatable bonds is 11. The first-order chi connectivity index (χ1) is 9.71. The van der Waals surface area contributed by atoms with Crippen molar-refractivity contribution >= 4 is 15.9 Å². The van der Waals surface area contributed by atoms with Gasteiger partial charge in [0.1, 0.15) is 6.10 Å². The lowest BCUT2D eigenvalue weighted by atomic mass is 10.2. The summed E-state index contributed by atoms with van der Waals surface area (Å²) in [4.78, 5) is 17.8. The third-order valence-electron chi connectivity index (χ3n) is 2.66. The van der Waals surface area contributed by atoms with E-state index in [1.165, 1.54) is 5.06 Å². The minimum absolute atomic E-state index is 0.105. The Kier molecular flexibility index (Phi) is 9.76. The van der Waals surface area contributed by atoms with Crippen molar-refractivity contribution < 1.29 is 22.8 Å². The molecular formula is C13H28N2O5S. The van der Waals surface area contributed by atoms with Crippen LogP contribution in [0.2, 0.25) is 0 Å². The van der Waals surface area contributed by atoms with E-state index in [4.69, 9.17) is 9.57 Å². The highest BCUT2D eigenvalue weighted by Gasteiger charge is 2.22. The van der Waals surface area contributed by atoms with Gasteiger partial charge in [0.25, 0.3) is 0 Å². The molecule has 1 unspecified atom stereocenters. The average molecular weight is 324 g/mol. The first-order valence-electron chi connectivity index (χ1n) is 7.13. The first kappa shape index (κ1) is 20.3. The maximum Gasteiger partial charge on any atom is 0.248 e. The zero-order chi connectivity index (χ0) is 16.5. The molecule has 0 radical (unpaired) electrons. The summed E-state index contributed by atoms with van der Waals surface area (Å²) in [7, 11) is -1.74. The fourth-order valence-corrected chi connectivity index (χ4v) is 2.06. The van der Waals surface area contributed by atoms with E-state index >= 15 is 0 Å². The normalized spacial score (nSPS) is 13.4. The van der Waals surface area contributed by atoms with Gasteiger partial charge in [0.2, 0.25) is 15.9 Å². The highest BCUT2D eigenvalue weighted by atomic mass is 32.2. The van der Waals surface area contributed by atoms with Crippen LogP contribution in [-0.2, 0) is 24.4 Å². The van der Waals surface area contributed by atoms with Crippen LogP contribution in [0.15, 0.2) is 0 Å². The molecule has 0 aliphatic carbocycles. The van der Waals surface area contributed by atoms with Gasteiger partial charge in [-0.15, -0.1) is 0 Å². The number of amides is 1. The number of hydrogen-bond acceptors (Lipinski definition) is 5. The third-order valence-corrected chi connectivity index (χ3v) is 3.35. The van der Waals surface area contributed by atoms with Gasteiger partial charge in [-0.1, -0.05) is 20.8 Å². The maximum atomic E-state index is 12.1. The number of hydrogen-bond donors (Lipinski definition) is 1. The predicted molar refractivity (Wildman–Crippen MR) is 81.1 cm³/mol. The van der Waals surface area contributed by atoms with Crippen molar-refractivity contribution in [3.8, 4) is 0 Å². The fraction of sp³-hybridized carbons (Fsp3) is 0.923. The van der Waals surface area contributed by atoms with Crippen molar-refractivity contribution in [2.45, 2.75) is 39.7 Å². The number of ether oxygens (including phenoxy) is 1. The van der Waals surface area contributed by atoms with Crippen LogP contribution < -0.4 is 4.72 Å². The van der Waals surface area contributed by atoms with E-state index in [0.29, 0.717) is 19.6 Å². The van der Waals surface area contributed by atoms with E-state index in [-0.39, 0.29) is 18.4 Å². The molecule has 21 heavy (non-hydrogen) atoms. The van der Waals surface area contributed by atoms with E-state index in [0.717, 1.165) is 12.7 Å². The lowest BCUT2D eigenvalue weighted by Gasteiger charge is -2.28. The summed E-state index contributed by atoms with van der Waals surface area (Å²) in [5, 5.41) is 1.33. The summed E-state index contributed by atoms with van der Waals surface area (Å²) < 4.78 is 29.8. The average Bonchev–Trinajstić information content (AvgIpc) is 2.38. The van der Waals surface area contributed by atoms with Crippen LogP contribution in [0.3, 0.4) is 0 Å². The Morgan fingerprint density at radius 2 is 1.95 bits per heavy atom. The molecule has 0 rings (SSSR count). The number of nitrogens with zero attached hydrogens (tertiary/aromatic N) is 1. The molecule has 0 bridgehead atoms. The first-order valence-corrected chi connectivity index (χ1v) is 9.02. The topological polar surface area (TPSA) is 84.9 Å². The minimum atomic E-state index is -3.30. The molecule has 0 aromatic rings. The van der Waals surface area contributed by atoms with Crippen LogP contribution >= 0.6 is 0 Å². The molecule has 0 aromatic heterocycles. The second kappa shape index (κ2) is 10.1. The Morgan fingerprint density at radius 3 is 2.38 bits per heavy atom. The third kappa shape index (κ3) is 9.78. The van der Waals surface area contributed by atoms with Crippen molar-refractivity contribution in [3.63, 3.8) is 0 Å². The van der Waals surface area contributed by atoms with Gasteiger partial charge in [-0.25, -0.2) is 18.2 Å². The summed E-state index contributed by atoms with van der Waals surface area (Å²) in [6, 6.07) is 0. The molecule has 0 fully saturated rings. The zero-order valence-corrected chi connectivity index (χ0v) is 14.4. The zero-order valence-electron chi connectivity index (χ0n) is 13.6. The highest BCUT2D eigenvalue weighted by molar-refractivity contribution is 7.88. The standard InChI is InChI=1S/C13H28N2O5S/c1-6-8-15(13(16)11(2)3)20-12(7-9-19-4)10-14-21(5,17)18/h11-12,14H,6-10H2,1-5H3. The smallest absolute Gasteiger partial charge is 0.248 e. The molecule has 8 heteroatoms. The second-order valence-electron chi connectivity index (χ2n) is 5.22. The van der Waals surface area contributed by atoms with Gasteiger partial charge in [-0.3, -0.25) is 9.63 Å². The van der Waals surface area contributed by atoms with E-state index in [1.54, 1.807) is 21.0 Å². The van der Waals surface area contributed by atoms with Gasteiger partial charge in [0.15, 0.2) is 0 Å². The summed E-state index contributed by atoms with van der Waals surface area (Å²) in [5.41, 5.74) is 0. The van der Waals surface area contributed by atoms with Crippen molar-refractivity contribution in [2.75, 3.05) is 33.1 Å². The quantitative estimate of drug-likeness (QED) is 0.567. The van der Waals surface area contributed by atoms with Gasteiger partial charge in [0.05, 0.1) is 6.26 Å². The van der Waals surface area contributed by atoms with Crippen molar-refractivity contribution in [3.05, 3.63) is 0 Å². The van der Waals surface area contributed by atoms with Crippen molar-refractivity contribution in [2.24, 2.45) is 5.92 Å². The van der Waals surface area contributed by atoms with Gasteiger partial charge < -0.3 is 4.74 Å². The minimum Gasteiger partial charge on any atom is -0.385 e. The molecule has 0 saturated carbocycles. The molecule has 126 valence electrons. The predicted octanol–water partition coefficient (Wildman–Crippen LogP) is 0.767. The number of carbonyl (C=O) groups is 1. The summed E-state index contributed by atoms with van der Waals surface area (Å²) in [6.07, 6.45) is 1.89. The van der Waals surface area contributed by atoms with Crippen LogP contribution in [-0.4, -0.2) is 58.6 Å². The number of methoxy groups -OCH3 is 1. The van der Waals surface area contributed by atoms with Gasteiger partial charge in [-0.05, 0) is 6.42 Å². The van der Waals surface area contributed by atoms with Crippen LogP contribution in [0.25, 0.3) is 0 Å². The van der Waals surface area contributed by atoms with Crippen LogP contribution in [0, 0.1) is 5.92 Å². The molecule has 1 atom stereocenters. The van der Waals surface area contributed by atoms with E-state index in [9.17, 15) is 13.2 Å². The molecule has 1 amide bonds. The van der Waals surface area contributed by atoms with Crippen LogP contribution in [0.1, 0.15) is 33.6 Å². The molecule has 1 N–H and O–H groups in total. The number of hydroxylamine groups is 2.